The fraction of sp³-hybridized carbons (Fsp3) is 0.304. The number of methoxy groups -OCH3 is 1. The first kappa shape index (κ1) is 20.6. The van der Waals surface area contributed by atoms with Gasteiger partial charge in [-0.1, -0.05) is 43.7 Å². The van der Waals surface area contributed by atoms with Crippen LogP contribution in [-0.2, 0) is 0 Å². The van der Waals surface area contributed by atoms with Crippen LogP contribution in [0.15, 0.2) is 54.7 Å². The van der Waals surface area contributed by atoms with Gasteiger partial charge in [-0.3, -0.25) is 4.79 Å². The van der Waals surface area contributed by atoms with Gasteiger partial charge in [0.05, 0.1) is 36.4 Å². The van der Waals surface area contributed by atoms with Gasteiger partial charge in [-0.2, -0.15) is 5.10 Å². The van der Waals surface area contributed by atoms with E-state index in [1.54, 1.807) is 42.3 Å². The van der Waals surface area contributed by atoms with E-state index in [2.05, 4.69) is 10.4 Å². The molecule has 152 valence electrons. The topological polar surface area (TPSA) is 76.4 Å². The highest BCUT2D eigenvalue weighted by Gasteiger charge is 2.21. The molecule has 0 fully saturated rings. The van der Waals surface area contributed by atoms with E-state index < -0.39 is 6.10 Å². The smallest absolute Gasteiger partial charge is 0.254 e. The number of benzene rings is 2. The predicted octanol–water partition coefficient (Wildman–Crippen LogP) is 3.78. The number of nitrogens with one attached hydrogen (secondary N) is 1. The zero-order valence-corrected chi connectivity index (χ0v) is 17.2. The number of amides is 1. The van der Waals surface area contributed by atoms with Crippen LogP contribution in [0.3, 0.4) is 0 Å². The SMILES string of the molecule is COc1ccc(C(O)CNC(=O)c2cnn(-c3ccc(C)cc3)c2C(C)C)cc1. The maximum Gasteiger partial charge on any atom is 0.254 e. The van der Waals surface area contributed by atoms with Gasteiger partial charge in [0.15, 0.2) is 0 Å². The minimum absolute atomic E-state index is 0.103. The van der Waals surface area contributed by atoms with Crippen molar-refractivity contribution >= 4 is 5.91 Å². The molecule has 2 N–H and O–H groups in total. The van der Waals surface area contributed by atoms with Crippen molar-refractivity contribution in [3.63, 3.8) is 0 Å². The van der Waals surface area contributed by atoms with E-state index in [-0.39, 0.29) is 18.4 Å². The second kappa shape index (κ2) is 8.92. The van der Waals surface area contributed by atoms with Crippen LogP contribution in [0.2, 0.25) is 0 Å². The number of carbonyl (C=O) groups excluding carboxylic acids is 1. The van der Waals surface area contributed by atoms with E-state index in [1.165, 1.54) is 0 Å². The van der Waals surface area contributed by atoms with Crippen LogP contribution in [-0.4, -0.2) is 34.4 Å². The number of aliphatic hydroxyl groups is 1. The van der Waals surface area contributed by atoms with Crippen molar-refractivity contribution in [2.45, 2.75) is 32.8 Å². The number of hydrogen-bond donors (Lipinski definition) is 2. The van der Waals surface area contributed by atoms with Crippen LogP contribution >= 0.6 is 0 Å². The summed E-state index contributed by atoms with van der Waals surface area (Å²) in [6.45, 7) is 6.21. The Morgan fingerprint density at radius 3 is 2.38 bits per heavy atom. The third-order valence-electron chi connectivity index (χ3n) is 4.83. The number of aliphatic hydroxyl groups excluding tert-OH is 1. The van der Waals surface area contributed by atoms with E-state index >= 15 is 0 Å². The molecule has 1 unspecified atom stereocenters. The monoisotopic (exact) mass is 393 g/mol. The van der Waals surface area contributed by atoms with Gasteiger partial charge in [-0.25, -0.2) is 4.68 Å². The molecule has 0 radical (unpaired) electrons. The lowest BCUT2D eigenvalue weighted by Crippen LogP contribution is -2.29. The summed E-state index contributed by atoms with van der Waals surface area (Å²) in [4.78, 5) is 12.8. The Morgan fingerprint density at radius 1 is 1.14 bits per heavy atom. The van der Waals surface area contributed by atoms with Crippen LogP contribution < -0.4 is 10.1 Å². The summed E-state index contributed by atoms with van der Waals surface area (Å²) >= 11 is 0. The first-order valence-electron chi connectivity index (χ1n) is 9.66. The Kier molecular flexibility index (Phi) is 6.34. The van der Waals surface area contributed by atoms with Crippen LogP contribution in [0.5, 0.6) is 5.75 Å². The highest BCUT2D eigenvalue weighted by molar-refractivity contribution is 5.95. The van der Waals surface area contributed by atoms with Gasteiger partial charge in [0.2, 0.25) is 0 Å². The fourth-order valence-electron chi connectivity index (χ4n) is 3.21. The third-order valence-corrected chi connectivity index (χ3v) is 4.83. The number of carbonyl (C=O) groups is 1. The maximum atomic E-state index is 12.8. The van der Waals surface area contributed by atoms with Gasteiger partial charge >= 0.3 is 0 Å². The highest BCUT2D eigenvalue weighted by Crippen LogP contribution is 2.24. The van der Waals surface area contributed by atoms with Crippen molar-refractivity contribution in [2.24, 2.45) is 0 Å². The molecule has 0 spiro atoms. The summed E-state index contributed by atoms with van der Waals surface area (Å²) in [5.74, 6) is 0.570. The second-order valence-corrected chi connectivity index (χ2v) is 7.34. The van der Waals surface area contributed by atoms with E-state index in [0.717, 1.165) is 22.7 Å². The van der Waals surface area contributed by atoms with Crippen LogP contribution in [0.4, 0.5) is 0 Å². The molecule has 1 atom stereocenters. The minimum atomic E-state index is -0.806. The molecule has 1 heterocycles. The van der Waals surface area contributed by atoms with Crippen molar-refractivity contribution in [1.29, 1.82) is 0 Å². The van der Waals surface area contributed by atoms with Crippen molar-refractivity contribution in [3.8, 4) is 11.4 Å². The van der Waals surface area contributed by atoms with Crippen LogP contribution in [0, 0.1) is 6.92 Å². The zero-order valence-electron chi connectivity index (χ0n) is 17.2. The lowest BCUT2D eigenvalue weighted by atomic mass is 10.0. The zero-order chi connectivity index (χ0) is 21.0. The molecule has 1 aromatic heterocycles. The second-order valence-electron chi connectivity index (χ2n) is 7.34. The molecular weight excluding hydrogens is 366 g/mol. The van der Waals surface area contributed by atoms with Gasteiger partial charge in [-0.15, -0.1) is 0 Å². The van der Waals surface area contributed by atoms with Crippen molar-refractivity contribution in [1.82, 2.24) is 15.1 Å². The lowest BCUT2D eigenvalue weighted by Gasteiger charge is -2.15. The van der Waals surface area contributed by atoms with Crippen molar-refractivity contribution in [2.75, 3.05) is 13.7 Å². The fourth-order valence-corrected chi connectivity index (χ4v) is 3.21. The van der Waals surface area contributed by atoms with Gasteiger partial charge in [0.25, 0.3) is 5.91 Å². The van der Waals surface area contributed by atoms with E-state index in [1.807, 2.05) is 45.0 Å². The Balaban J connectivity index is 1.75. The quantitative estimate of drug-likeness (QED) is 0.641. The Hall–Kier alpha value is -3.12. The molecule has 0 aliphatic carbocycles. The summed E-state index contributed by atoms with van der Waals surface area (Å²) in [7, 11) is 1.59. The van der Waals surface area contributed by atoms with Crippen LogP contribution in [0.25, 0.3) is 5.69 Å². The summed E-state index contributed by atoms with van der Waals surface area (Å²) in [6, 6.07) is 15.1. The molecule has 0 aliphatic heterocycles. The average Bonchev–Trinajstić information content (AvgIpc) is 3.18. The summed E-state index contributed by atoms with van der Waals surface area (Å²) in [5.41, 5.74) is 4.15. The van der Waals surface area contributed by atoms with E-state index in [4.69, 9.17) is 4.74 Å². The number of rotatable bonds is 7. The van der Waals surface area contributed by atoms with Crippen molar-refractivity contribution < 1.29 is 14.6 Å². The average molecular weight is 393 g/mol. The molecule has 1 amide bonds. The molecule has 29 heavy (non-hydrogen) atoms. The molecule has 0 saturated heterocycles. The lowest BCUT2D eigenvalue weighted by molar-refractivity contribution is 0.0915. The third kappa shape index (κ3) is 4.66. The van der Waals surface area contributed by atoms with Gasteiger partial charge < -0.3 is 15.2 Å². The molecule has 0 aliphatic rings. The summed E-state index contributed by atoms with van der Waals surface area (Å²) in [6.07, 6.45) is 0.782. The largest absolute Gasteiger partial charge is 0.497 e. The molecule has 6 heteroatoms. The van der Waals surface area contributed by atoms with Crippen molar-refractivity contribution in [3.05, 3.63) is 77.1 Å². The summed E-state index contributed by atoms with van der Waals surface area (Å²) < 4.78 is 6.93. The van der Waals surface area contributed by atoms with Gasteiger partial charge in [0, 0.05) is 6.54 Å². The first-order chi connectivity index (χ1) is 13.9. The Morgan fingerprint density at radius 2 is 1.79 bits per heavy atom. The molecule has 3 rings (SSSR count). The number of aromatic nitrogens is 2. The van der Waals surface area contributed by atoms with Crippen LogP contribution in [0.1, 0.15) is 53.0 Å². The first-order valence-corrected chi connectivity index (χ1v) is 9.66. The Bertz CT molecular complexity index is 960. The molecule has 2 aromatic carbocycles. The highest BCUT2D eigenvalue weighted by atomic mass is 16.5. The predicted molar refractivity (Wildman–Crippen MR) is 113 cm³/mol. The van der Waals surface area contributed by atoms with Gasteiger partial charge in [-0.05, 0) is 42.7 Å². The summed E-state index contributed by atoms with van der Waals surface area (Å²) in [5, 5.41) is 17.7. The standard InChI is InChI=1S/C23H27N3O3/c1-15(2)22-20(13-25-26(22)18-9-5-16(3)6-10-18)23(28)24-14-21(27)17-7-11-19(29-4)12-8-17/h5-13,15,21,27H,14H2,1-4H3,(H,24,28). The number of nitrogens with zero attached hydrogens (tertiary/aromatic N) is 2. The van der Waals surface area contributed by atoms with E-state index in [0.29, 0.717) is 11.1 Å². The number of ether oxygens (including phenoxy) is 1. The van der Waals surface area contributed by atoms with Gasteiger partial charge in [0.1, 0.15) is 5.75 Å². The molecule has 3 aromatic rings. The van der Waals surface area contributed by atoms with E-state index in [9.17, 15) is 9.90 Å². The minimum Gasteiger partial charge on any atom is -0.497 e. The number of hydrogen-bond acceptors (Lipinski definition) is 4. The maximum absolute atomic E-state index is 12.8. The Labute approximate surface area is 171 Å². The molecule has 0 bridgehead atoms. The molecular formula is C23H27N3O3. The normalized spacial score (nSPS) is 12.1. The number of aryl methyl sites for hydroxylation is 1. The molecule has 0 saturated carbocycles. The molecule has 6 nitrogen and oxygen atoms in total.